The zero-order chi connectivity index (χ0) is 10.3. The fraction of sp³-hybridized carbons (Fsp3) is 0.111. The van der Waals surface area contributed by atoms with Gasteiger partial charge in [0.05, 0.1) is 0 Å². The van der Waals surface area contributed by atoms with Gasteiger partial charge in [0.1, 0.15) is 16.3 Å². The number of aromatic nitrogens is 2. The lowest BCUT2D eigenvalue weighted by Crippen LogP contribution is -2.09. The number of nitrogens with two attached hydrogens (primary N) is 1. The predicted molar refractivity (Wildman–Crippen MR) is 63.5 cm³/mol. The molecule has 0 radical (unpaired) electrons. The second kappa shape index (κ2) is 3.33. The Hall–Kier alpha value is -0.940. The maximum Gasteiger partial charge on any atom is 0.140 e. The number of rotatable bonds is 1. The third-order valence-electron chi connectivity index (χ3n) is 1.95. The van der Waals surface area contributed by atoms with Crippen LogP contribution >= 0.6 is 28.1 Å². The van der Waals surface area contributed by atoms with Crippen molar-refractivity contribution in [3.63, 3.8) is 0 Å². The van der Waals surface area contributed by atoms with Crippen molar-refractivity contribution < 1.29 is 0 Å². The molecule has 0 amide bonds. The maximum atomic E-state index is 5.51. The summed E-state index contributed by atoms with van der Waals surface area (Å²) in [5.74, 6) is 0. The molecule has 0 unspecified atom stereocenters. The molecule has 14 heavy (non-hydrogen) atoms. The predicted octanol–water partition coefficient (Wildman–Crippen LogP) is 2.04. The molecule has 0 aromatic carbocycles. The number of pyridine rings is 1. The molecule has 2 rings (SSSR count). The van der Waals surface area contributed by atoms with Crippen LogP contribution < -0.4 is 5.73 Å². The number of fused-ring (bicyclic) bond motifs is 1. The molecule has 2 heterocycles. The van der Waals surface area contributed by atoms with Crippen LogP contribution in [-0.4, -0.2) is 14.4 Å². The van der Waals surface area contributed by atoms with Gasteiger partial charge >= 0.3 is 0 Å². The second-order valence-corrected chi connectivity index (χ2v) is 4.42. The van der Waals surface area contributed by atoms with Crippen molar-refractivity contribution >= 4 is 38.8 Å². The lowest BCUT2D eigenvalue weighted by atomic mass is 10.3. The van der Waals surface area contributed by atoms with E-state index in [1.165, 1.54) is 0 Å². The number of aryl methyl sites for hydroxylation is 1. The van der Waals surface area contributed by atoms with Crippen molar-refractivity contribution in [2.75, 3.05) is 0 Å². The minimum Gasteiger partial charge on any atom is -0.388 e. The first-order valence-corrected chi connectivity index (χ1v) is 5.22. The average molecular weight is 270 g/mol. The quantitative estimate of drug-likeness (QED) is 0.806. The van der Waals surface area contributed by atoms with Gasteiger partial charge in [-0.3, -0.25) is 0 Å². The molecule has 72 valence electrons. The monoisotopic (exact) mass is 269 g/mol. The zero-order valence-corrected chi connectivity index (χ0v) is 9.89. The molecule has 0 atom stereocenters. The van der Waals surface area contributed by atoms with Crippen LogP contribution in [0.5, 0.6) is 0 Å². The fourth-order valence-electron chi connectivity index (χ4n) is 1.34. The van der Waals surface area contributed by atoms with E-state index in [1.807, 2.05) is 29.8 Å². The summed E-state index contributed by atoms with van der Waals surface area (Å²) in [5, 5.41) is 0. The molecule has 0 bridgehead atoms. The van der Waals surface area contributed by atoms with E-state index < -0.39 is 0 Å². The molecule has 0 aliphatic carbocycles. The smallest absolute Gasteiger partial charge is 0.140 e. The van der Waals surface area contributed by atoms with Gasteiger partial charge in [-0.1, -0.05) is 12.2 Å². The maximum absolute atomic E-state index is 5.51. The lowest BCUT2D eigenvalue weighted by molar-refractivity contribution is 1.15. The second-order valence-electron chi connectivity index (χ2n) is 3.06. The Balaban J connectivity index is 2.76. The van der Waals surface area contributed by atoms with Gasteiger partial charge < -0.3 is 10.1 Å². The van der Waals surface area contributed by atoms with Crippen molar-refractivity contribution in [1.82, 2.24) is 9.38 Å². The topological polar surface area (TPSA) is 43.3 Å². The Labute approximate surface area is 95.1 Å². The van der Waals surface area contributed by atoms with Crippen LogP contribution in [0.15, 0.2) is 22.9 Å². The number of halogens is 1. The number of hydrogen-bond donors (Lipinski definition) is 1. The van der Waals surface area contributed by atoms with E-state index in [-0.39, 0.29) is 0 Å². The largest absolute Gasteiger partial charge is 0.388 e. The molecule has 2 N–H and O–H groups in total. The van der Waals surface area contributed by atoms with E-state index in [9.17, 15) is 0 Å². The average Bonchev–Trinajstić information content (AvgIpc) is 2.47. The van der Waals surface area contributed by atoms with Crippen LogP contribution in [-0.2, 0) is 0 Å². The molecule has 0 aliphatic rings. The van der Waals surface area contributed by atoms with Gasteiger partial charge in [0.25, 0.3) is 0 Å². The van der Waals surface area contributed by atoms with E-state index in [2.05, 4.69) is 20.9 Å². The Morgan fingerprint density at radius 3 is 2.93 bits per heavy atom. The highest BCUT2D eigenvalue weighted by Crippen LogP contribution is 2.16. The third-order valence-corrected chi connectivity index (χ3v) is 2.60. The van der Waals surface area contributed by atoms with Gasteiger partial charge in [-0.25, -0.2) is 4.98 Å². The highest BCUT2D eigenvalue weighted by molar-refractivity contribution is 9.10. The number of hydrogen-bond acceptors (Lipinski definition) is 2. The first kappa shape index (κ1) is 9.61. The van der Waals surface area contributed by atoms with Crippen molar-refractivity contribution in [2.24, 2.45) is 5.73 Å². The van der Waals surface area contributed by atoms with Crippen molar-refractivity contribution in [3.8, 4) is 0 Å². The SMILES string of the molecule is Cc1cc(Br)cn2cc(C(N)=S)nc12. The van der Waals surface area contributed by atoms with E-state index in [0.717, 1.165) is 15.7 Å². The summed E-state index contributed by atoms with van der Waals surface area (Å²) >= 11 is 8.29. The minimum atomic E-state index is 0.323. The van der Waals surface area contributed by atoms with Gasteiger partial charge in [0.15, 0.2) is 0 Å². The van der Waals surface area contributed by atoms with Crippen LogP contribution in [0.25, 0.3) is 5.65 Å². The standard InChI is InChI=1S/C9H8BrN3S/c1-5-2-6(10)3-13-4-7(8(11)14)12-9(5)13/h2-4H,1H3,(H2,11,14). The number of imidazole rings is 1. The van der Waals surface area contributed by atoms with Crippen LogP contribution in [0.2, 0.25) is 0 Å². The summed E-state index contributed by atoms with van der Waals surface area (Å²) in [4.78, 5) is 4.65. The molecule has 0 fully saturated rings. The molecular weight excluding hydrogens is 262 g/mol. The fourth-order valence-corrected chi connectivity index (χ4v) is 2.01. The summed E-state index contributed by atoms with van der Waals surface area (Å²) in [6.07, 6.45) is 3.76. The zero-order valence-electron chi connectivity index (χ0n) is 7.49. The Morgan fingerprint density at radius 2 is 2.29 bits per heavy atom. The van der Waals surface area contributed by atoms with Gasteiger partial charge in [-0.2, -0.15) is 0 Å². The summed E-state index contributed by atoms with van der Waals surface area (Å²) < 4.78 is 2.92. The van der Waals surface area contributed by atoms with E-state index in [4.69, 9.17) is 18.0 Å². The molecule has 0 aliphatic heterocycles. The lowest BCUT2D eigenvalue weighted by Gasteiger charge is -1.97. The number of thiocarbonyl (C=S) groups is 1. The summed E-state index contributed by atoms with van der Waals surface area (Å²) in [6, 6.07) is 2.01. The first-order valence-electron chi connectivity index (χ1n) is 4.02. The highest BCUT2D eigenvalue weighted by Gasteiger charge is 2.06. The van der Waals surface area contributed by atoms with E-state index in [0.29, 0.717) is 10.7 Å². The summed E-state index contributed by atoms with van der Waals surface area (Å²) in [5.41, 5.74) is 8.13. The molecule has 0 spiro atoms. The van der Waals surface area contributed by atoms with Crippen molar-refractivity contribution in [1.29, 1.82) is 0 Å². The third kappa shape index (κ3) is 1.53. The van der Waals surface area contributed by atoms with Crippen LogP contribution in [0, 0.1) is 6.92 Å². The first-order chi connectivity index (χ1) is 6.58. The van der Waals surface area contributed by atoms with Crippen LogP contribution in [0.3, 0.4) is 0 Å². The van der Waals surface area contributed by atoms with Gasteiger partial charge in [-0.05, 0) is 34.5 Å². The molecule has 3 nitrogen and oxygen atoms in total. The molecule has 5 heteroatoms. The Morgan fingerprint density at radius 1 is 1.57 bits per heavy atom. The van der Waals surface area contributed by atoms with Crippen molar-refractivity contribution in [3.05, 3.63) is 34.2 Å². The van der Waals surface area contributed by atoms with Crippen LogP contribution in [0.1, 0.15) is 11.3 Å². The van der Waals surface area contributed by atoms with E-state index >= 15 is 0 Å². The Kier molecular flexibility index (Phi) is 2.28. The molecule has 2 aromatic heterocycles. The number of nitrogens with zero attached hydrogens (tertiary/aromatic N) is 2. The normalized spacial score (nSPS) is 10.7. The minimum absolute atomic E-state index is 0.323. The summed E-state index contributed by atoms with van der Waals surface area (Å²) in [6.45, 7) is 2.00. The molecule has 0 saturated carbocycles. The molecular formula is C9H8BrN3S. The Bertz CT molecular complexity index is 518. The molecule has 0 saturated heterocycles. The van der Waals surface area contributed by atoms with Crippen LogP contribution in [0.4, 0.5) is 0 Å². The van der Waals surface area contributed by atoms with E-state index in [1.54, 1.807) is 0 Å². The van der Waals surface area contributed by atoms with Crippen molar-refractivity contribution in [2.45, 2.75) is 6.92 Å². The van der Waals surface area contributed by atoms with Gasteiger partial charge in [0, 0.05) is 16.9 Å². The van der Waals surface area contributed by atoms with Gasteiger partial charge in [0.2, 0.25) is 0 Å². The highest BCUT2D eigenvalue weighted by atomic mass is 79.9. The summed E-state index contributed by atoms with van der Waals surface area (Å²) in [7, 11) is 0. The van der Waals surface area contributed by atoms with Gasteiger partial charge in [-0.15, -0.1) is 0 Å². The molecule has 2 aromatic rings.